The molecule has 4 nitrogen and oxygen atoms in total. The summed E-state index contributed by atoms with van der Waals surface area (Å²) in [6.07, 6.45) is 1.71. The molecule has 0 aromatic heterocycles. The number of aliphatic carboxylic acids is 1. The maximum absolute atomic E-state index is 12.6. The standard InChI is InChI=1S/C19H30O4/c1-8-11(3)10-23-18(22)15-12(4)14(9-2)13(5)19(6,7)16(15)17(20)21/h11-12H,8-10H2,1-7H3,(H,20,21). The molecule has 1 N–H and O–H groups in total. The third kappa shape index (κ3) is 3.67. The van der Waals surface area contributed by atoms with Gasteiger partial charge in [0.2, 0.25) is 0 Å². The van der Waals surface area contributed by atoms with Crippen LogP contribution in [-0.2, 0) is 14.3 Å². The molecule has 0 aromatic carbocycles. The number of hydrogen-bond donors (Lipinski definition) is 1. The quantitative estimate of drug-likeness (QED) is 0.583. The van der Waals surface area contributed by atoms with Gasteiger partial charge in [-0.3, -0.25) is 0 Å². The van der Waals surface area contributed by atoms with Gasteiger partial charge in [-0.15, -0.1) is 0 Å². The van der Waals surface area contributed by atoms with E-state index in [4.69, 9.17) is 4.74 Å². The van der Waals surface area contributed by atoms with Crippen LogP contribution in [0.2, 0.25) is 0 Å². The Kier molecular flexibility index (Phi) is 6.20. The minimum atomic E-state index is -1.04. The second-order valence-corrected chi connectivity index (χ2v) is 7.06. The molecule has 2 unspecified atom stereocenters. The van der Waals surface area contributed by atoms with Crippen LogP contribution >= 0.6 is 0 Å². The minimum absolute atomic E-state index is 0.175. The molecule has 0 saturated carbocycles. The third-order valence-electron chi connectivity index (χ3n) is 5.28. The molecule has 0 amide bonds. The van der Waals surface area contributed by atoms with Gasteiger partial charge in [-0.1, -0.05) is 59.1 Å². The zero-order chi connectivity index (χ0) is 17.9. The number of esters is 1. The van der Waals surface area contributed by atoms with Gasteiger partial charge < -0.3 is 9.84 Å². The van der Waals surface area contributed by atoms with Crippen molar-refractivity contribution >= 4 is 11.9 Å². The van der Waals surface area contributed by atoms with Gasteiger partial charge in [-0.2, -0.15) is 0 Å². The van der Waals surface area contributed by atoms with Crippen molar-refractivity contribution in [2.24, 2.45) is 17.3 Å². The summed E-state index contributed by atoms with van der Waals surface area (Å²) < 4.78 is 5.42. The first kappa shape index (κ1) is 19.5. The summed E-state index contributed by atoms with van der Waals surface area (Å²) in [6.45, 7) is 14.0. The molecule has 1 aliphatic rings. The first-order valence-electron chi connectivity index (χ1n) is 8.44. The molecular formula is C19H30O4. The van der Waals surface area contributed by atoms with Gasteiger partial charge in [0.25, 0.3) is 0 Å². The van der Waals surface area contributed by atoms with Crippen LogP contribution in [0, 0.1) is 17.3 Å². The van der Waals surface area contributed by atoms with Crippen molar-refractivity contribution in [3.63, 3.8) is 0 Å². The van der Waals surface area contributed by atoms with Gasteiger partial charge in [-0.25, -0.2) is 9.59 Å². The normalized spacial score (nSPS) is 22.1. The van der Waals surface area contributed by atoms with Gasteiger partial charge in [0.05, 0.1) is 17.8 Å². The van der Waals surface area contributed by atoms with Crippen LogP contribution in [-0.4, -0.2) is 23.7 Å². The summed E-state index contributed by atoms with van der Waals surface area (Å²) in [5.41, 5.74) is 2.00. The van der Waals surface area contributed by atoms with E-state index in [1.807, 2.05) is 48.5 Å². The van der Waals surface area contributed by atoms with Crippen molar-refractivity contribution in [2.45, 2.75) is 61.3 Å². The van der Waals surface area contributed by atoms with E-state index >= 15 is 0 Å². The van der Waals surface area contributed by atoms with Crippen LogP contribution in [0.3, 0.4) is 0 Å². The average Bonchev–Trinajstić information content (AvgIpc) is 2.48. The van der Waals surface area contributed by atoms with Crippen molar-refractivity contribution in [2.75, 3.05) is 6.61 Å². The zero-order valence-electron chi connectivity index (χ0n) is 15.4. The highest BCUT2D eigenvalue weighted by Gasteiger charge is 2.43. The predicted octanol–water partition coefficient (Wildman–Crippen LogP) is 4.36. The topological polar surface area (TPSA) is 63.6 Å². The Morgan fingerprint density at radius 1 is 1.30 bits per heavy atom. The number of rotatable bonds is 6. The molecule has 0 spiro atoms. The third-order valence-corrected chi connectivity index (χ3v) is 5.28. The maximum Gasteiger partial charge on any atom is 0.335 e. The van der Waals surface area contributed by atoms with Crippen molar-refractivity contribution in [3.8, 4) is 0 Å². The number of carboxylic acids is 1. The average molecular weight is 322 g/mol. The van der Waals surface area contributed by atoms with E-state index in [1.54, 1.807) is 0 Å². The lowest BCUT2D eigenvalue weighted by Crippen LogP contribution is -2.35. The lowest BCUT2D eigenvalue weighted by molar-refractivity contribution is -0.142. The predicted molar refractivity (Wildman–Crippen MR) is 91.0 cm³/mol. The van der Waals surface area contributed by atoms with Crippen LogP contribution < -0.4 is 0 Å². The molecule has 0 heterocycles. The molecule has 1 rings (SSSR count). The molecule has 1 aliphatic carbocycles. The molecule has 2 atom stereocenters. The Hall–Kier alpha value is -1.58. The number of carboxylic acid groups (broad SMARTS) is 1. The fraction of sp³-hybridized carbons (Fsp3) is 0.684. The molecule has 0 bridgehead atoms. The van der Waals surface area contributed by atoms with Gasteiger partial charge in [0, 0.05) is 11.3 Å². The fourth-order valence-corrected chi connectivity index (χ4v) is 3.29. The van der Waals surface area contributed by atoms with E-state index in [9.17, 15) is 14.7 Å². The smallest absolute Gasteiger partial charge is 0.335 e. The monoisotopic (exact) mass is 322 g/mol. The Morgan fingerprint density at radius 2 is 1.87 bits per heavy atom. The molecule has 0 aromatic rings. The fourth-order valence-electron chi connectivity index (χ4n) is 3.29. The van der Waals surface area contributed by atoms with E-state index in [2.05, 4.69) is 0 Å². The SMILES string of the molecule is CCC1=C(C)C(C)(C)C(C(=O)O)=C(C(=O)OCC(C)CC)C1C. The summed E-state index contributed by atoms with van der Waals surface area (Å²) in [5, 5.41) is 9.72. The summed E-state index contributed by atoms with van der Waals surface area (Å²) in [6, 6.07) is 0. The molecule has 23 heavy (non-hydrogen) atoms. The van der Waals surface area contributed by atoms with Gasteiger partial charge in [0.1, 0.15) is 0 Å². The largest absolute Gasteiger partial charge is 0.478 e. The van der Waals surface area contributed by atoms with Crippen molar-refractivity contribution in [3.05, 3.63) is 22.3 Å². The van der Waals surface area contributed by atoms with Crippen molar-refractivity contribution < 1.29 is 19.4 Å². The highest BCUT2D eigenvalue weighted by molar-refractivity contribution is 6.02. The molecule has 0 fully saturated rings. The van der Waals surface area contributed by atoms with Crippen LogP contribution in [0.4, 0.5) is 0 Å². The van der Waals surface area contributed by atoms with Gasteiger partial charge in [-0.05, 0) is 19.3 Å². The van der Waals surface area contributed by atoms with Gasteiger partial charge in [0.15, 0.2) is 0 Å². The van der Waals surface area contributed by atoms with E-state index in [1.165, 1.54) is 0 Å². The highest BCUT2D eigenvalue weighted by Crippen LogP contribution is 2.47. The van der Waals surface area contributed by atoms with E-state index < -0.39 is 17.4 Å². The van der Waals surface area contributed by atoms with E-state index in [0.29, 0.717) is 12.2 Å². The van der Waals surface area contributed by atoms with Gasteiger partial charge >= 0.3 is 11.9 Å². The van der Waals surface area contributed by atoms with E-state index in [-0.39, 0.29) is 17.4 Å². The van der Waals surface area contributed by atoms with Crippen LogP contribution in [0.5, 0.6) is 0 Å². The Morgan fingerprint density at radius 3 is 2.30 bits per heavy atom. The number of allylic oxidation sites excluding steroid dienone is 2. The maximum atomic E-state index is 12.6. The molecule has 4 heteroatoms. The highest BCUT2D eigenvalue weighted by atomic mass is 16.5. The zero-order valence-corrected chi connectivity index (χ0v) is 15.4. The molecule has 0 saturated heterocycles. The second-order valence-electron chi connectivity index (χ2n) is 7.06. The first-order chi connectivity index (χ1) is 10.6. The Bertz CT molecular complexity index is 552. The lowest BCUT2D eigenvalue weighted by Gasteiger charge is -2.38. The molecular weight excluding hydrogens is 292 g/mol. The number of ether oxygens (including phenoxy) is 1. The van der Waals surface area contributed by atoms with Crippen molar-refractivity contribution in [1.29, 1.82) is 0 Å². The number of carbonyl (C=O) groups excluding carboxylic acids is 1. The lowest BCUT2D eigenvalue weighted by atomic mass is 9.65. The number of carbonyl (C=O) groups is 2. The van der Waals surface area contributed by atoms with Crippen LogP contribution in [0.1, 0.15) is 61.3 Å². The summed E-state index contributed by atoms with van der Waals surface area (Å²) in [4.78, 5) is 24.5. The summed E-state index contributed by atoms with van der Waals surface area (Å²) in [7, 11) is 0. The van der Waals surface area contributed by atoms with Crippen LogP contribution in [0.25, 0.3) is 0 Å². The second kappa shape index (κ2) is 7.33. The number of hydrogen-bond acceptors (Lipinski definition) is 3. The Balaban J connectivity index is 3.35. The summed E-state index contributed by atoms with van der Waals surface area (Å²) >= 11 is 0. The van der Waals surface area contributed by atoms with Crippen LogP contribution in [0.15, 0.2) is 22.3 Å². The Labute approximate surface area is 139 Å². The minimum Gasteiger partial charge on any atom is -0.478 e. The first-order valence-corrected chi connectivity index (χ1v) is 8.44. The van der Waals surface area contributed by atoms with E-state index in [0.717, 1.165) is 24.0 Å². The molecule has 130 valence electrons. The molecule has 0 radical (unpaired) electrons. The summed E-state index contributed by atoms with van der Waals surface area (Å²) in [5.74, 6) is -1.47. The van der Waals surface area contributed by atoms with Crippen molar-refractivity contribution in [1.82, 2.24) is 0 Å². The molecule has 0 aliphatic heterocycles.